The predicted molar refractivity (Wildman–Crippen MR) is 84.8 cm³/mol. The second-order valence-electron chi connectivity index (χ2n) is 5.84. The van der Waals surface area contributed by atoms with E-state index < -0.39 is 0 Å². The summed E-state index contributed by atoms with van der Waals surface area (Å²) in [5.74, 6) is 1.12. The van der Waals surface area contributed by atoms with Gasteiger partial charge in [-0.1, -0.05) is 38.1 Å². The Labute approximate surface area is 122 Å². The minimum Gasteiger partial charge on any atom is -0.370 e. The van der Waals surface area contributed by atoms with Gasteiger partial charge in [0.1, 0.15) is 0 Å². The Kier molecular flexibility index (Phi) is 5.41. The van der Waals surface area contributed by atoms with Crippen molar-refractivity contribution in [3.05, 3.63) is 35.4 Å². The van der Waals surface area contributed by atoms with Crippen LogP contribution in [0.2, 0.25) is 0 Å². The summed E-state index contributed by atoms with van der Waals surface area (Å²) in [6.45, 7) is 9.10. The average molecular weight is 274 g/mol. The average Bonchev–Trinajstić information content (AvgIpc) is 2.45. The first-order valence-corrected chi connectivity index (χ1v) is 7.48. The van der Waals surface area contributed by atoms with Crippen molar-refractivity contribution in [2.45, 2.75) is 26.8 Å². The van der Waals surface area contributed by atoms with Gasteiger partial charge < -0.3 is 11.1 Å². The van der Waals surface area contributed by atoms with E-state index in [4.69, 9.17) is 5.73 Å². The molecule has 2 rings (SSSR count). The fourth-order valence-electron chi connectivity index (χ4n) is 2.42. The molecule has 3 N–H and O–H groups in total. The molecule has 1 aromatic carbocycles. The Hall–Kier alpha value is -1.55. The first kappa shape index (κ1) is 14.9. The van der Waals surface area contributed by atoms with E-state index in [0.29, 0.717) is 11.9 Å². The van der Waals surface area contributed by atoms with Crippen LogP contribution in [0.15, 0.2) is 29.3 Å². The molecule has 1 heterocycles. The van der Waals surface area contributed by atoms with Gasteiger partial charge in [0.2, 0.25) is 0 Å². The van der Waals surface area contributed by atoms with Gasteiger partial charge in [-0.05, 0) is 23.5 Å². The lowest BCUT2D eigenvalue weighted by molar-refractivity contribution is 0.258. The molecule has 4 heteroatoms. The fraction of sp³-hybridized carbons (Fsp3) is 0.562. The number of rotatable bonds is 5. The molecular formula is C16H26N4. The highest BCUT2D eigenvalue weighted by Crippen LogP contribution is 2.17. The number of nitrogens with two attached hydrogens (primary N) is 1. The van der Waals surface area contributed by atoms with E-state index in [9.17, 15) is 0 Å². The van der Waals surface area contributed by atoms with E-state index in [1.165, 1.54) is 11.1 Å². The molecule has 1 aliphatic rings. The fourth-order valence-corrected chi connectivity index (χ4v) is 2.42. The summed E-state index contributed by atoms with van der Waals surface area (Å²) in [6.07, 6.45) is 1.15. The van der Waals surface area contributed by atoms with Crippen LogP contribution < -0.4 is 11.1 Å². The molecule has 0 atom stereocenters. The standard InChI is InChI=1S/C16H26N4/c1-13(2)11-19-16(17)18-8-10-20-9-7-14-5-3-4-6-15(14)12-20/h3-6,13H,7-12H2,1-2H3,(H3,17,18,19). The van der Waals surface area contributed by atoms with Gasteiger partial charge >= 0.3 is 0 Å². The maximum atomic E-state index is 5.83. The lowest BCUT2D eigenvalue weighted by Gasteiger charge is -2.28. The number of hydrogen-bond donors (Lipinski definition) is 2. The van der Waals surface area contributed by atoms with Gasteiger partial charge in [-0.3, -0.25) is 9.89 Å². The largest absolute Gasteiger partial charge is 0.370 e. The molecule has 0 radical (unpaired) electrons. The smallest absolute Gasteiger partial charge is 0.188 e. The van der Waals surface area contributed by atoms with Crippen molar-refractivity contribution in [2.75, 3.05) is 26.2 Å². The van der Waals surface area contributed by atoms with E-state index in [0.717, 1.165) is 39.1 Å². The van der Waals surface area contributed by atoms with Crippen molar-refractivity contribution < 1.29 is 0 Å². The highest BCUT2D eigenvalue weighted by atomic mass is 15.2. The minimum absolute atomic E-state index is 0.550. The number of guanidine groups is 1. The number of hydrogen-bond acceptors (Lipinski definition) is 2. The van der Waals surface area contributed by atoms with Crippen LogP contribution in [0.4, 0.5) is 0 Å². The van der Waals surface area contributed by atoms with Crippen LogP contribution in [-0.4, -0.2) is 37.0 Å². The summed E-state index contributed by atoms with van der Waals surface area (Å²) in [7, 11) is 0. The molecule has 0 aliphatic carbocycles. The first-order chi connectivity index (χ1) is 9.65. The summed E-state index contributed by atoms with van der Waals surface area (Å²) in [6, 6.07) is 8.72. The zero-order valence-electron chi connectivity index (χ0n) is 12.6. The molecule has 20 heavy (non-hydrogen) atoms. The van der Waals surface area contributed by atoms with E-state index in [1.54, 1.807) is 0 Å². The second kappa shape index (κ2) is 7.29. The van der Waals surface area contributed by atoms with E-state index in [-0.39, 0.29) is 0 Å². The van der Waals surface area contributed by atoms with Gasteiger partial charge in [0.05, 0.1) is 0 Å². The molecule has 0 spiro atoms. The van der Waals surface area contributed by atoms with Crippen molar-refractivity contribution in [1.82, 2.24) is 10.2 Å². The van der Waals surface area contributed by atoms with Crippen LogP contribution in [0.1, 0.15) is 25.0 Å². The van der Waals surface area contributed by atoms with E-state index in [2.05, 4.69) is 53.3 Å². The third kappa shape index (κ3) is 4.53. The van der Waals surface area contributed by atoms with Gasteiger partial charge in [0.25, 0.3) is 0 Å². The van der Waals surface area contributed by atoms with E-state index in [1.807, 2.05) is 0 Å². The topological polar surface area (TPSA) is 53.6 Å². The molecule has 110 valence electrons. The second-order valence-corrected chi connectivity index (χ2v) is 5.84. The van der Waals surface area contributed by atoms with E-state index >= 15 is 0 Å². The predicted octanol–water partition coefficient (Wildman–Crippen LogP) is 1.61. The molecule has 1 aromatic rings. The van der Waals surface area contributed by atoms with Crippen LogP contribution in [0.3, 0.4) is 0 Å². The normalized spacial score (nSPS) is 16.2. The van der Waals surface area contributed by atoms with Crippen LogP contribution in [-0.2, 0) is 13.0 Å². The third-order valence-electron chi connectivity index (χ3n) is 3.57. The highest BCUT2D eigenvalue weighted by molar-refractivity contribution is 5.77. The van der Waals surface area contributed by atoms with Gasteiger partial charge in [0, 0.05) is 32.7 Å². The molecular weight excluding hydrogens is 248 g/mol. The van der Waals surface area contributed by atoms with Crippen molar-refractivity contribution in [3.8, 4) is 0 Å². The van der Waals surface area contributed by atoms with Crippen molar-refractivity contribution in [3.63, 3.8) is 0 Å². The first-order valence-electron chi connectivity index (χ1n) is 7.48. The molecule has 0 saturated heterocycles. The molecule has 0 unspecified atom stereocenters. The van der Waals surface area contributed by atoms with Crippen LogP contribution in [0, 0.1) is 5.92 Å². The van der Waals surface area contributed by atoms with Crippen LogP contribution >= 0.6 is 0 Å². The molecule has 0 bridgehead atoms. The third-order valence-corrected chi connectivity index (χ3v) is 3.57. The summed E-state index contributed by atoms with van der Waals surface area (Å²) in [5, 5.41) is 3.20. The van der Waals surface area contributed by atoms with Crippen molar-refractivity contribution >= 4 is 5.96 Å². The molecule has 0 aromatic heterocycles. The maximum Gasteiger partial charge on any atom is 0.188 e. The maximum absolute atomic E-state index is 5.83. The Balaban J connectivity index is 1.72. The van der Waals surface area contributed by atoms with Gasteiger partial charge in [-0.2, -0.15) is 0 Å². The summed E-state index contributed by atoms with van der Waals surface area (Å²) >= 11 is 0. The molecule has 4 nitrogen and oxygen atoms in total. The lowest BCUT2D eigenvalue weighted by Crippen LogP contribution is -2.40. The van der Waals surface area contributed by atoms with Gasteiger partial charge in [0.15, 0.2) is 5.96 Å². The van der Waals surface area contributed by atoms with Gasteiger partial charge in [-0.15, -0.1) is 0 Å². The van der Waals surface area contributed by atoms with Gasteiger partial charge in [-0.25, -0.2) is 0 Å². The molecule has 0 fully saturated rings. The zero-order chi connectivity index (χ0) is 14.4. The molecule has 1 aliphatic heterocycles. The van der Waals surface area contributed by atoms with Crippen molar-refractivity contribution in [1.29, 1.82) is 0 Å². The SMILES string of the molecule is CC(C)CN=C(N)NCCN1CCc2ccccc2C1. The monoisotopic (exact) mass is 274 g/mol. The Morgan fingerprint density at radius 1 is 1.35 bits per heavy atom. The molecule has 0 amide bonds. The summed E-state index contributed by atoms with van der Waals surface area (Å²) < 4.78 is 0. The zero-order valence-corrected chi connectivity index (χ0v) is 12.6. The number of nitrogens with one attached hydrogen (secondary N) is 1. The number of nitrogens with zero attached hydrogens (tertiary/aromatic N) is 2. The summed E-state index contributed by atoms with van der Waals surface area (Å²) in [5.41, 5.74) is 8.79. The number of aliphatic imine (C=N–C) groups is 1. The Bertz CT molecular complexity index is 454. The Morgan fingerprint density at radius 3 is 2.85 bits per heavy atom. The number of fused-ring (bicyclic) bond motifs is 1. The number of benzene rings is 1. The van der Waals surface area contributed by atoms with Crippen LogP contribution in [0.5, 0.6) is 0 Å². The van der Waals surface area contributed by atoms with Crippen molar-refractivity contribution in [2.24, 2.45) is 16.6 Å². The Morgan fingerprint density at radius 2 is 2.10 bits per heavy atom. The lowest BCUT2D eigenvalue weighted by atomic mass is 10.00. The quantitative estimate of drug-likeness (QED) is 0.633. The minimum atomic E-state index is 0.550. The summed E-state index contributed by atoms with van der Waals surface area (Å²) in [4.78, 5) is 6.77. The molecule has 0 saturated carbocycles. The highest BCUT2D eigenvalue weighted by Gasteiger charge is 2.14. The van der Waals surface area contributed by atoms with Crippen LogP contribution in [0.25, 0.3) is 0 Å².